The molecular weight excluding hydrogens is 282 g/mol. The number of nitrogens with zero attached hydrogens (tertiary/aromatic N) is 1. The van der Waals surface area contributed by atoms with Crippen molar-refractivity contribution in [1.82, 2.24) is 4.57 Å². The molecule has 6 heteroatoms. The monoisotopic (exact) mass is 294 g/mol. The lowest BCUT2D eigenvalue weighted by molar-refractivity contribution is 0.494. The van der Waals surface area contributed by atoms with Crippen LogP contribution in [0.15, 0.2) is 35.1 Å². The van der Waals surface area contributed by atoms with Crippen molar-refractivity contribution in [2.24, 2.45) is 5.73 Å². The van der Waals surface area contributed by atoms with Gasteiger partial charge in [-0.3, -0.25) is 4.79 Å². The van der Waals surface area contributed by atoms with E-state index < -0.39 is 17.2 Å². The van der Waals surface area contributed by atoms with Crippen molar-refractivity contribution in [3.8, 4) is 0 Å². The normalized spacial score (nSPS) is 10.6. The highest BCUT2D eigenvalue weighted by atomic mass is 32.1. The van der Waals surface area contributed by atoms with Gasteiger partial charge in [0.15, 0.2) is 11.6 Å². The summed E-state index contributed by atoms with van der Waals surface area (Å²) in [6.07, 6.45) is 0. The maximum absolute atomic E-state index is 13.7. The van der Waals surface area contributed by atoms with Crippen molar-refractivity contribution < 1.29 is 8.78 Å². The zero-order valence-electron chi connectivity index (χ0n) is 10.7. The number of aryl methyl sites for hydroxylation is 1. The topological polar surface area (TPSA) is 48.0 Å². The first-order valence-corrected chi connectivity index (χ1v) is 6.25. The molecule has 0 aliphatic heterocycles. The van der Waals surface area contributed by atoms with Gasteiger partial charge < -0.3 is 10.3 Å². The number of aromatic nitrogens is 1. The molecule has 0 spiro atoms. The van der Waals surface area contributed by atoms with E-state index in [2.05, 4.69) is 0 Å². The molecule has 20 heavy (non-hydrogen) atoms. The van der Waals surface area contributed by atoms with Crippen LogP contribution in [0.2, 0.25) is 0 Å². The number of nitrogens with two attached hydrogens (primary N) is 1. The van der Waals surface area contributed by atoms with Gasteiger partial charge in [-0.2, -0.15) is 0 Å². The third-order valence-electron chi connectivity index (χ3n) is 3.02. The Bertz CT molecular complexity index is 740. The molecule has 1 aromatic heterocycles. The van der Waals surface area contributed by atoms with Gasteiger partial charge in [-0.05, 0) is 25.1 Å². The second-order valence-corrected chi connectivity index (χ2v) is 4.80. The molecule has 0 amide bonds. The van der Waals surface area contributed by atoms with E-state index in [1.165, 1.54) is 22.8 Å². The molecule has 1 heterocycles. The van der Waals surface area contributed by atoms with Gasteiger partial charge in [-0.25, -0.2) is 8.78 Å². The summed E-state index contributed by atoms with van der Waals surface area (Å²) in [7, 11) is 0. The molecular formula is C14H12F2N2OS. The van der Waals surface area contributed by atoms with Crippen molar-refractivity contribution in [2.75, 3.05) is 0 Å². The molecule has 0 fully saturated rings. The van der Waals surface area contributed by atoms with Crippen molar-refractivity contribution in [2.45, 2.75) is 13.5 Å². The fourth-order valence-electron chi connectivity index (χ4n) is 1.90. The summed E-state index contributed by atoms with van der Waals surface area (Å²) < 4.78 is 28.2. The van der Waals surface area contributed by atoms with Crippen LogP contribution in [0, 0.1) is 18.6 Å². The number of pyridine rings is 1. The van der Waals surface area contributed by atoms with Crippen LogP contribution in [0.3, 0.4) is 0 Å². The van der Waals surface area contributed by atoms with E-state index in [4.69, 9.17) is 18.0 Å². The Morgan fingerprint density at radius 1 is 1.30 bits per heavy atom. The van der Waals surface area contributed by atoms with E-state index in [0.717, 1.165) is 6.07 Å². The number of rotatable bonds is 3. The van der Waals surface area contributed by atoms with E-state index in [1.807, 2.05) is 0 Å². The molecule has 0 saturated carbocycles. The van der Waals surface area contributed by atoms with Gasteiger partial charge >= 0.3 is 0 Å². The maximum Gasteiger partial charge on any atom is 0.261 e. The largest absolute Gasteiger partial charge is 0.389 e. The van der Waals surface area contributed by atoms with Crippen LogP contribution in [0.4, 0.5) is 8.78 Å². The average molecular weight is 294 g/mol. The molecule has 0 saturated heterocycles. The minimum absolute atomic E-state index is 0.0246. The predicted octanol–water partition coefficient (Wildman–Crippen LogP) is 2.12. The lowest BCUT2D eigenvalue weighted by atomic mass is 10.1. The highest BCUT2D eigenvalue weighted by Gasteiger charge is 2.12. The molecule has 2 aromatic rings. The van der Waals surface area contributed by atoms with Crippen LogP contribution in [0.1, 0.15) is 16.8 Å². The molecule has 0 aliphatic carbocycles. The average Bonchev–Trinajstić information content (AvgIpc) is 2.38. The van der Waals surface area contributed by atoms with Gasteiger partial charge in [0.25, 0.3) is 5.56 Å². The van der Waals surface area contributed by atoms with Gasteiger partial charge in [0.2, 0.25) is 0 Å². The van der Waals surface area contributed by atoms with Gasteiger partial charge in [-0.15, -0.1) is 0 Å². The van der Waals surface area contributed by atoms with Gasteiger partial charge in [0, 0.05) is 11.3 Å². The first-order valence-electron chi connectivity index (χ1n) is 5.85. The Morgan fingerprint density at radius 3 is 2.65 bits per heavy atom. The number of thiocarbonyl (C=S) groups is 1. The van der Waals surface area contributed by atoms with E-state index in [-0.39, 0.29) is 22.7 Å². The lowest BCUT2D eigenvalue weighted by Crippen LogP contribution is -2.30. The first kappa shape index (κ1) is 14.3. The van der Waals surface area contributed by atoms with E-state index in [0.29, 0.717) is 5.69 Å². The van der Waals surface area contributed by atoms with Crippen molar-refractivity contribution in [3.63, 3.8) is 0 Å². The van der Waals surface area contributed by atoms with Crippen LogP contribution in [-0.2, 0) is 6.54 Å². The van der Waals surface area contributed by atoms with Crippen molar-refractivity contribution in [1.29, 1.82) is 0 Å². The van der Waals surface area contributed by atoms with Gasteiger partial charge in [0.05, 0.1) is 12.1 Å². The van der Waals surface area contributed by atoms with E-state index >= 15 is 0 Å². The fourth-order valence-corrected chi connectivity index (χ4v) is 2.05. The van der Waals surface area contributed by atoms with Gasteiger partial charge in [0.1, 0.15) is 4.99 Å². The summed E-state index contributed by atoms with van der Waals surface area (Å²) in [6, 6.07) is 7.04. The molecule has 3 nitrogen and oxygen atoms in total. The molecule has 0 aliphatic rings. The smallest absolute Gasteiger partial charge is 0.261 e. The maximum atomic E-state index is 13.7. The second kappa shape index (κ2) is 5.50. The minimum atomic E-state index is -0.959. The molecule has 0 unspecified atom stereocenters. The fraction of sp³-hybridized carbons (Fsp3) is 0.143. The SMILES string of the molecule is Cc1ccc(C(N)=S)c(=O)n1Cc1cccc(F)c1F. The summed E-state index contributed by atoms with van der Waals surface area (Å²) >= 11 is 4.79. The molecule has 2 N–H and O–H groups in total. The van der Waals surface area contributed by atoms with Gasteiger partial charge in [-0.1, -0.05) is 24.4 Å². The highest BCUT2D eigenvalue weighted by molar-refractivity contribution is 7.80. The van der Waals surface area contributed by atoms with Crippen LogP contribution in [-0.4, -0.2) is 9.56 Å². The number of hydrogen-bond acceptors (Lipinski definition) is 2. The van der Waals surface area contributed by atoms with E-state index in [9.17, 15) is 13.6 Å². The Kier molecular flexibility index (Phi) is 3.94. The Morgan fingerprint density at radius 2 is 2.00 bits per heavy atom. The number of halogens is 2. The standard InChI is InChI=1S/C14H12F2N2OS/c1-8-5-6-10(13(17)20)14(19)18(8)7-9-3-2-4-11(15)12(9)16/h2-6H,7H2,1H3,(H2,17,20). The third kappa shape index (κ3) is 2.60. The third-order valence-corrected chi connectivity index (χ3v) is 3.24. The quantitative estimate of drug-likeness (QED) is 0.882. The molecule has 1 aromatic carbocycles. The zero-order valence-corrected chi connectivity index (χ0v) is 11.5. The van der Waals surface area contributed by atoms with Crippen molar-refractivity contribution in [3.05, 3.63) is 69.1 Å². The van der Waals surface area contributed by atoms with Crippen LogP contribution < -0.4 is 11.3 Å². The van der Waals surface area contributed by atoms with E-state index in [1.54, 1.807) is 13.0 Å². The second-order valence-electron chi connectivity index (χ2n) is 4.36. The Hall–Kier alpha value is -2.08. The van der Waals surface area contributed by atoms with Crippen LogP contribution in [0.25, 0.3) is 0 Å². The first-order chi connectivity index (χ1) is 9.41. The lowest BCUT2D eigenvalue weighted by Gasteiger charge is -2.12. The van der Waals surface area contributed by atoms with Crippen molar-refractivity contribution >= 4 is 17.2 Å². The molecule has 0 bridgehead atoms. The van der Waals surface area contributed by atoms with Crippen LogP contribution >= 0.6 is 12.2 Å². The number of benzene rings is 1. The zero-order chi connectivity index (χ0) is 14.9. The summed E-state index contributed by atoms with van der Waals surface area (Å²) in [4.78, 5) is 12.2. The molecule has 0 atom stereocenters. The molecule has 2 rings (SSSR count). The summed E-state index contributed by atoms with van der Waals surface area (Å²) in [5.74, 6) is -1.90. The Balaban J connectivity index is 2.54. The van der Waals surface area contributed by atoms with Crippen LogP contribution in [0.5, 0.6) is 0 Å². The summed E-state index contributed by atoms with van der Waals surface area (Å²) in [5, 5.41) is 0. The Labute approximate surface area is 119 Å². The highest BCUT2D eigenvalue weighted by Crippen LogP contribution is 2.13. The summed E-state index contributed by atoms with van der Waals surface area (Å²) in [5.41, 5.74) is 5.93. The molecule has 0 radical (unpaired) electrons. The predicted molar refractivity (Wildman–Crippen MR) is 76.8 cm³/mol. The minimum Gasteiger partial charge on any atom is -0.389 e. The molecule has 104 valence electrons. The summed E-state index contributed by atoms with van der Waals surface area (Å²) in [6.45, 7) is 1.62. The number of hydrogen-bond donors (Lipinski definition) is 1.